The highest BCUT2D eigenvalue weighted by Gasteiger charge is 2.25. The van der Waals surface area contributed by atoms with Crippen LogP contribution in [-0.2, 0) is 5.41 Å². The summed E-state index contributed by atoms with van der Waals surface area (Å²) in [6.07, 6.45) is 0. The molecule has 4 nitrogen and oxygen atoms in total. The molecule has 0 fully saturated rings. The van der Waals surface area contributed by atoms with Gasteiger partial charge in [0.2, 0.25) is 0 Å². The van der Waals surface area contributed by atoms with E-state index < -0.39 is 0 Å². The minimum absolute atomic E-state index is 0.165. The lowest BCUT2D eigenvalue weighted by Gasteiger charge is -2.17. The van der Waals surface area contributed by atoms with E-state index in [2.05, 4.69) is 25.8 Å². The molecule has 0 bridgehead atoms. The van der Waals surface area contributed by atoms with E-state index in [9.17, 15) is 0 Å². The molecule has 0 saturated carbocycles. The maximum Gasteiger partial charge on any atom is 0.150 e. The van der Waals surface area contributed by atoms with Crippen molar-refractivity contribution < 1.29 is 0 Å². The molecule has 0 aliphatic carbocycles. The number of hydrogen-bond acceptors (Lipinski definition) is 3. The van der Waals surface area contributed by atoms with E-state index in [0.717, 1.165) is 17.0 Å². The second kappa shape index (κ2) is 4.46. The molecule has 0 amide bonds. The molecule has 19 heavy (non-hydrogen) atoms. The van der Waals surface area contributed by atoms with Crippen molar-refractivity contribution in [1.82, 2.24) is 9.66 Å². The van der Waals surface area contributed by atoms with E-state index in [1.807, 2.05) is 25.1 Å². The van der Waals surface area contributed by atoms with Crippen LogP contribution in [0.4, 0.5) is 5.82 Å². The summed E-state index contributed by atoms with van der Waals surface area (Å²) in [5.74, 6) is 7.24. The molecule has 1 aromatic heterocycles. The number of nitrogens with zero attached hydrogens (tertiary/aromatic N) is 2. The van der Waals surface area contributed by atoms with Crippen LogP contribution in [0, 0.1) is 6.92 Å². The molecule has 0 atom stereocenters. The van der Waals surface area contributed by atoms with Crippen molar-refractivity contribution in [2.24, 2.45) is 0 Å². The van der Waals surface area contributed by atoms with E-state index >= 15 is 0 Å². The first-order valence-electron chi connectivity index (χ1n) is 6.12. The first-order valence-corrected chi connectivity index (χ1v) is 6.50. The van der Waals surface area contributed by atoms with Gasteiger partial charge in [-0.05, 0) is 24.6 Å². The smallest absolute Gasteiger partial charge is 0.150 e. The summed E-state index contributed by atoms with van der Waals surface area (Å²) in [7, 11) is 0. The molecule has 4 N–H and O–H groups in total. The fourth-order valence-corrected chi connectivity index (χ4v) is 2.29. The van der Waals surface area contributed by atoms with Gasteiger partial charge in [-0.25, -0.2) is 9.66 Å². The van der Waals surface area contributed by atoms with E-state index in [-0.39, 0.29) is 5.41 Å². The largest absolute Gasteiger partial charge is 0.382 e. The zero-order chi connectivity index (χ0) is 14.4. The van der Waals surface area contributed by atoms with E-state index in [1.54, 1.807) is 0 Å². The molecule has 1 aromatic carbocycles. The Bertz CT molecular complexity index is 623. The number of aromatic nitrogens is 2. The molecule has 1 heterocycles. The molecular weight excluding hydrogens is 260 g/mol. The van der Waals surface area contributed by atoms with Crippen LogP contribution in [0.2, 0.25) is 5.02 Å². The monoisotopic (exact) mass is 278 g/mol. The minimum atomic E-state index is -0.165. The summed E-state index contributed by atoms with van der Waals surface area (Å²) in [5, 5.41) is 0.697. The first-order chi connectivity index (χ1) is 8.71. The van der Waals surface area contributed by atoms with Gasteiger partial charge in [-0.2, -0.15) is 0 Å². The number of halogens is 1. The number of rotatable bonds is 1. The fourth-order valence-electron chi connectivity index (χ4n) is 2.07. The standard InChI is InChI=1S/C14H19ClN4/c1-8-7-9(15)5-6-10(8)11-12(16)19(17)13(18-11)14(2,3)4/h5-7H,16-17H2,1-4H3. The van der Waals surface area contributed by atoms with Crippen molar-refractivity contribution in [1.29, 1.82) is 0 Å². The summed E-state index contributed by atoms with van der Waals surface area (Å²) in [4.78, 5) is 4.61. The maximum absolute atomic E-state index is 6.08. The van der Waals surface area contributed by atoms with Gasteiger partial charge in [-0.3, -0.25) is 0 Å². The zero-order valence-corrected chi connectivity index (χ0v) is 12.4. The average Bonchev–Trinajstić information content (AvgIpc) is 2.56. The van der Waals surface area contributed by atoms with Crippen LogP contribution >= 0.6 is 11.6 Å². The number of hydrogen-bond donors (Lipinski definition) is 2. The second-order valence-electron chi connectivity index (χ2n) is 5.75. The molecule has 0 radical (unpaired) electrons. The van der Waals surface area contributed by atoms with Crippen LogP contribution in [0.15, 0.2) is 18.2 Å². The predicted octanol–water partition coefficient (Wildman–Crippen LogP) is 3.11. The molecule has 0 spiro atoms. The van der Waals surface area contributed by atoms with E-state index in [4.69, 9.17) is 23.2 Å². The molecule has 2 rings (SSSR count). The van der Waals surface area contributed by atoms with Gasteiger partial charge < -0.3 is 11.6 Å². The second-order valence-corrected chi connectivity index (χ2v) is 6.18. The van der Waals surface area contributed by atoms with Crippen molar-refractivity contribution in [3.05, 3.63) is 34.6 Å². The molecule has 0 aliphatic rings. The molecule has 0 unspecified atom stereocenters. The van der Waals surface area contributed by atoms with Crippen molar-refractivity contribution in [3.63, 3.8) is 0 Å². The minimum Gasteiger partial charge on any atom is -0.382 e. The number of anilines is 1. The highest BCUT2D eigenvalue weighted by Crippen LogP contribution is 2.32. The number of aryl methyl sites for hydroxylation is 1. The Morgan fingerprint density at radius 1 is 1.26 bits per heavy atom. The van der Waals surface area contributed by atoms with Crippen molar-refractivity contribution in [2.45, 2.75) is 33.1 Å². The normalized spacial score (nSPS) is 11.8. The van der Waals surface area contributed by atoms with Gasteiger partial charge in [0, 0.05) is 16.0 Å². The Balaban J connectivity index is 2.64. The number of imidazole rings is 1. The van der Waals surface area contributed by atoms with Crippen molar-refractivity contribution in [3.8, 4) is 11.3 Å². The predicted molar refractivity (Wildman–Crippen MR) is 80.7 cm³/mol. The Hall–Kier alpha value is -1.68. The Morgan fingerprint density at radius 2 is 1.89 bits per heavy atom. The Morgan fingerprint density at radius 3 is 2.37 bits per heavy atom. The van der Waals surface area contributed by atoms with Crippen molar-refractivity contribution in [2.75, 3.05) is 11.6 Å². The zero-order valence-electron chi connectivity index (χ0n) is 11.7. The quantitative estimate of drug-likeness (QED) is 0.788. The van der Waals surface area contributed by atoms with Crippen LogP contribution in [0.3, 0.4) is 0 Å². The van der Waals surface area contributed by atoms with E-state index in [1.165, 1.54) is 4.68 Å². The van der Waals surface area contributed by atoms with Crippen LogP contribution in [0.1, 0.15) is 32.2 Å². The summed E-state index contributed by atoms with van der Waals surface area (Å²) in [6, 6.07) is 5.64. The highest BCUT2D eigenvalue weighted by atomic mass is 35.5. The molecule has 0 saturated heterocycles. The lowest BCUT2D eigenvalue weighted by atomic mass is 9.96. The summed E-state index contributed by atoms with van der Waals surface area (Å²) >= 11 is 5.97. The van der Waals surface area contributed by atoms with Crippen LogP contribution in [-0.4, -0.2) is 9.66 Å². The van der Waals surface area contributed by atoms with Crippen LogP contribution < -0.4 is 11.6 Å². The third-order valence-corrected chi connectivity index (χ3v) is 3.30. The topological polar surface area (TPSA) is 69.9 Å². The molecule has 102 valence electrons. The first kappa shape index (κ1) is 13.7. The van der Waals surface area contributed by atoms with Crippen molar-refractivity contribution >= 4 is 17.4 Å². The SMILES string of the molecule is Cc1cc(Cl)ccc1-c1nc(C(C)(C)C)n(N)c1N. The van der Waals surface area contributed by atoms with Gasteiger partial charge in [0.15, 0.2) is 5.82 Å². The third kappa shape index (κ3) is 2.40. The summed E-state index contributed by atoms with van der Waals surface area (Å²) in [6.45, 7) is 8.14. The van der Waals surface area contributed by atoms with Crippen LogP contribution in [0.5, 0.6) is 0 Å². The van der Waals surface area contributed by atoms with Gasteiger partial charge in [-0.15, -0.1) is 0 Å². The molecular formula is C14H19ClN4. The maximum atomic E-state index is 6.08. The summed E-state index contributed by atoms with van der Waals surface area (Å²) < 4.78 is 1.46. The van der Waals surface area contributed by atoms with Gasteiger partial charge in [-0.1, -0.05) is 38.4 Å². The molecule has 2 aromatic rings. The fraction of sp³-hybridized carbons (Fsp3) is 0.357. The lowest BCUT2D eigenvalue weighted by Crippen LogP contribution is -2.24. The number of nitrogen functional groups attached to an aromatic ring is 2. The number of nitrogens with two attached hydrogens (primary N) is 2. The number of benzene rings is 1. The van der Waals surface area contributed by atoms with E-state index in [0.29, 0.717) is 16.5 Å². The molecule has 5 heteroatoms. The van der Waals surface area contributed by atoms with Crippen LogP contribution in [0.25, 0.3) is 11.3 Å². The Kier molecular flexibility index (Phi) is 3.22. The average molecular weight is 279 g/mol. The third-order valence-electron chi connectivity index (χ3n) is 3.06. The highest BCUT2D eigenvalue weighted by molar-refractivity contribution is 6.30. The summed E-state index contributed by atoms with van der Waals surface area (Å²) in [5.41, 5.74) is 8.61. The van der Waals surface area contributed by atoms with Gasteiger partial charge in [0.25, 0.3) is 0 Å². The van der Waals surface area contributed by atoms with Gasteiger partial charge in [0.1, 0.15) is 11.5 Å². The lowest BCUT2D eigenvalue weighted by molar-refractivity contribution is 0.532. The van der Waals surface area contributed by atoms with Gasteiger partial charge in [0.05, 0.1) is 0 Å². The molecule has 0 aliphatic heterocycles. The Labute approximate surface area is 118 Å². The van der Waals surface area contributed by atoms with Gasteiger partial charge >= 0.3 is 0 Å².